The topological polar surface area (TPSA) is 87.3 Å². The van der Waals surface area contributed by atoms with E-state index < -0.39 is 15.9 Å². The van der Waals surface area contributed by atoms with Gasteiger partial charge in [0.05, 0.1) is 4.90 Å². The van der Waals surface area contributed by atoms with Gasteiger partial charge in [-0.2, -0.15) is 0 Å². The van der Waals surface area contributed by atoms with Gasteiger partial charge in [0, 0.05) is 16.9 Å². The molecule has 3 rings (SSSR count). The van der Waals surface area contributed by atoms with E-state index in [-0.39, 0.29) is 10.5 Å². The van der Waals surface area contributed by atoms with E-state index in [9.17, 15) is 13.2 Å². The Morgan fingerprint density at radius 1 is 0.800 bits per heavy atom. The molecule has 0 saturated carbocycles. The van der Waals surface area contributed by atoms with Crippen molar-refractivity contribution in [3.63, 3.8) is 0 Å². The number of carbonyl (C=O) groups excluding carboxylic acids is 1. The molecule has 0 atom stereocenters. The molecule has 8 heteroatoms. The maximum absolute atomic E-state index is 12.5. The van der Waals surface area contributed by atoms with Gasteiger partial charge in [-0.05, 0) is 74.6 Å². The van der Waals surface area contributed by atoms with E-state index in [4.69, 9.17) is 12.2 Å². The molecule has 0 aliphatic carbocycles. The lowest BCUT2D eigenvalue weighted by molar-refractivity contribution is 0.0981. The minimum Gasteiger partial charge on any atom is -0.332 e. The lowest BCUT2D eigenvalue weighted by Gasteiger charge is -2.12. The quantitative estimate of drug-likeness (QED) is 0.516. The highest BCUT2D eigenvalue weighted by atomic mass is 32.2. The summed E-state index contributed by atoms with van der Waals surface area (Å²) in [5.41, 5.74) is 3.75. The first-order valence-corrected chi connectivity index (χ1v) is 11.0. The Bertz CT molecular complexity index is 1170. The Labute approximate surface area is 181 Å². The molecule has 6 nitrogen and oxygen atoms in total. The average molecular weight is 440 g/mol. The molecule has 3 aromatic carbocycles. The van der Waals surface area contributed by atoms with Gasteiger partial charge < -0.3 is 10.6 Å². The molecule has 0 radical (unpaired) electrons. The Kier molecular flexibility index (Phi) is 6.49. The minimum absolute atomic E-state index is 0.0218. The van der Waals surface area contributed by atoms with Crippen molar-refractivity contribution in [2.75, 3.05) is 10.6 Å². The molecule has 0 aliphatic rings. The van der Waals surface area contributed by atoms with Crippen LogP contribution >= 0.6 is 12.2 Å². The number of sulfonamides is 1. The lowest BCUT2D eigenvalue weighted by Crippen LogP contribution is -2.30. The number of nitrogens with one attached hydrogen (secondary N) is 3. The number of amides is 1. The highest BCUT2D eigenvalue weighted by Crippen LogP contribution is 2.16. The molecule has 0 heterocycles. The fourth-order valence-electron chi connectivity index (χ4n) is 2.67. The van der Waals surface area contributed by atoms with Crippen LogP contribution in [0.3, 0.4) is 0 Å². The van der Waals surface area contributed by atoms with Crippen LogP contribution in [-0.2, 0) is 10.0 Å². The second-order valence-corrected chi connectivity index (χ2v) is 8.86. The number of hydrogen-bond acceptors (Lipinski definition) is 4. The third-order valence-electron chi connectivity index (χ3n) is 4.24. The molecule has 0 bridgehead atoms. The predicted molar refractivity (Wildman–Crippen MR) is 123 cm³/mol. The van der Waals surface area contributed by atoms with Gasteiger partial charge in [0.15, 0.2) is 5.11 Å². The number of benzene rings is 3. The summed E-state index contributed by atoms with van der Waals surface area (Å²) in [5, 5.41) is 6.43. The highest BCUT2D eigenvalue weighted by Gasteiger charge is 2.18. The maximum atomic E-state index is 12.5. The second kappa shape index (κ2) is 9.06. The molecule has 0 aliphatic heterocycles. The molecule has 0 unspecified atom stereocenters. The zero-order valence-corrected chi connectivity index (χ0v) is 18.1. The van der Waals surface area contributed by atoms with Gasteiger partial charge in [0.2, 0.25) is 0 Å². The van der Waals surface area contributed by atoms with Crippen molar-refractivity contribution >= 4 is 44.6 Å². The zero-order valence-electron chi connectivity index (χ0n) is 16.5. The van der Waals surface area contributed by atoms with Gasteiger partial charge in [-0.15, -0.1) is 0 Å². The normalized spacial score (nSPS) is 10.9. The SMILES string of the molecule is Cc1ccc(NC(=S)Nc2ccc(S(=O)(=O)NC(=O)c3cccc(C)c3)cc2)cc1. The van der Waals surface area contributed by atoms with E-state index in [1.807, 2.05) is 44.2 Å². The summed E-state index contributed by atoms with van der Waals surface area (Å²) < 4.78 is 27.1. The van der Waals surface area contributed by atoms with E-state index in [1.54, 1.807) is 30.3 Å². The van der Waals surface area contributed by atoms with Crippen molar-refractivity contribution in [2.24, 2.45) is 0 Å². The molecular weight excluding hydrogens is 418 g/mol. The molecule has 0 spiro atoms. The number of hydrogen-bond donors (Lipinski definition) is 3. The van der Waals surface area contributed by atoms with Crippen LogP contribution in [0.1, 0.15) is 21.5 Å². The van der Waals surface area contributed by atoms with Gasteiger partial charge in [0.25, 0.3) is 15.9 Å². The molecular formula is C22H21N3O3S2. The van der Waals surface area contributed by atoms with Crippen molar-refractivity contribution in [1.82, 2.24) is 4.72 Å². The lowest BCUT2D eigenvalue weighted by atomic mass is 10.1. The molecule has 154 valence electrons. The Balaban J connectivity index is 1.64. The van der Waals surface area contributed by atoms with E-state index >= 15 is 0 Å². The van der Waals surface area contributed by atoms with Gasteiger partial charge in [0.1, 0.15) is 0 Å². The van der Waals surface area contributed by atoms with Crippen LogP contribution < -0.4 is 15.4 Å². The number of aryl methyl sites for hydroxylation is 2. The van der Waals surface area contributed by atoms with Crippen molar-refractivity contribution < 1.29 is 13.2 Å². The van der Waals surface area contributed by atoms with E-state index in [0.717, 1.165) is 16.8 Å². The Morgan fingerprint density at radius 3 is 1.93 bits per heavy atom. The highest BCUT2D eigenvalue weighted by molar-refractivity contribution is 7.90. The number of anilines is 2. The van der Waals surface area contributed by atoms with Crippen molar-refractivity contribution in [1.29, 1.82) is 0 Å². The molecule has 0 saturated heterocycles. The van der Waals surface area contributed by atoms with Crippen molar-refractivity contribution in [2.45, 2.75) is 18.7 Å². The summed E-state index contributed by atoms with van der Waals surface area (Å²) in [6.45, 7) is 3.83. The molecule has 0 aromatic heterocycles. The summed E-state index contributed by atoms with van der Waals surface area (Å²) in [6.07, 6.45) is 0. The standard InChI is InChI=1S/C22H21N3O3S2/c1-15-6-8-18(9-7-15)23-22(29)24-19-10-12-20(13-11-19)30(27,28)25-21(26)17-5-3-4-16(2)14-17/h3-14H,1-2H3,(H,25,26)(H2,23,24,29). The maximum Gasteiger partial charge on any atom is 0.265 e. The first-order chi connectivity index (χ1) is 14.2. The van der Waals surface area contributed by atoms with Gasteiger partial charge in [-0.1, -0.05) is 35.4 Å². The molecule has 3 N–H and O–H groups in total. The van der Waals surface area contributed by atoms with Crippen LogP contribution in [0.5, 0.6) is 0 Å². The monoisotopic (exact) mass is 439 g/mol. The van der Waals surface area contributed by atoms with Crippen molar-refractivity contribution in [3.05, 3.63) is 89.5 Å². The number of carbonyl (C=O) groups is 1. The molecule has 0 fully saturated rings. The largest absolute Gasteiger partial charge is 0.332 e. The van der Waals surface area contributed by atoms with Gasteiger partial charge in [-0.3, -0.25) is 4.79 Å². The fraction of sp³-hybridized carbons (Fsp3) is 0.0909. The zero-order chi connectivity index (χ0) is 21.7. The summed E-state index contributed by atoms with van der Waals surface area (Å²) in [5.74, 6) is -0.677. The van der Waals surface area contributed by atoms with E-state index in [2.05, 4.69) is 15.4 Å². The van der Waals surface area contributed by atoms with E-state index in [1.165, 1.54) is 12.1 Å². The molecule has 30 heavy (non-hydrogen) atoms. The number of thiocarbonyl (C=S) groups is 1. The van der Waals surface area contributed by atoms with Crippen LogP contribution in [0.25, 0.3) is 0 Å². The third-order valence-corrected chi connectivity index (χ3v) is 5.79. The van der Waals surface area contributed by atoms with Crippen LogP contribution in [-0.4, -0.2) is 19.4 Å². The Morgan fingerprint density at radius 2 is 1.37 bits per heavy atom. The van der Waals surface area contributed by atoms with Gasteiger partial charge in [-0.25, -0.2) is 13.1 Å². The first kappa shape index (κ1) is 21.5. The summed E-state index contributed by atoms with van der Waals surface area (Å²) >= 11 is 5.28. The smallest absolute Gasteiger partial charge is 0.265 e. The number of rotatable bonds is 5. The van der Waals surface area contributed by atoms with Crippen LogP contribution in [0.15, 0.2) is 77.7 Å². The van der Waals surface area contributed by atoms with Crippen LogP contribution in [0, 0.1) is 13.8 Å². The fourth-order valence-corrected chi connectivity index (χ4v) is 3.88. The molecule has 3 aromatic rings. The van der Waals surface area contributed by atoms with Crippen LogP contribution in [0.2, 0.25) is 0 Å². The third kappa shape index (κ3) is 5.65. The average Bonchev–Trinajstić information content (AvgIpc) is 2.70. The summed E-state index contributed by atoms with van der Waals surface area (Å²) in [7, 11) is -3.99. The van der Waals surface area contributed by atoms with Crippen LogP contribution in [0.4, 0.5) is 11.4 Å². The summed E-state index contributed by atoms with van der Waals surface area (Å²) in [4.78, 5) is 12.2. The van der Waals surface area contributed by atoms with Gasteiger partial charge >= 0.3 is 0 Å². The predicted octanol–water partition coefficient (Wildman–Crippen LogP) is 4.23. The van der Waals surface area contributed by atoms with Crippen molar-refractivity contribution in [3.8, 4) is 0 Å². The Hall–Kier alpha value is -3.23. The minimum atomic E-state index is -3.99. The van der Waals surface area contributed by atoms with E-state index in [0.29, 0.717) is 10.8 Å². The summed E-state index contributed by atoms with van der Waals surface area (Å²) in [6, 6.07) is 20.4. The first-order valence-electron chi connectivity index (χ1n) is 9.11. The molecule has 1 amide bonds. The second-order valence-electron chi connectivity index (χ2n) is 6.77.